The van der Waals surface area contributed by atoms with Gasteiger partial charge in [0, 0.05) is 31.4 Å². The molecule has 3 heterocycles. The second kappa shape index (κ2) is 7.67. The summed E-state index contributed by atoms with van der Waals surface area (Å²) in [5.41, 5.74) is 0.873. The van der Waals surface area contributed by atoms with Crippen LogP contribution in [0.1, 0.15) is 45.3 Å². The Morgan fingerprint density at radius 1 is 1.32 bits per heavy atom. The third-order valence-electron chi connectivity index (χ3n) is 4.37. The van der Waals surface area contributed by atoms with E-state index in [1.807, 2.05) is 19.1 Å². The van der Waals surface area contributed by atoms with Crippen molar-refractivity contribution < 1.29 is 18.7 Å². The third-order valence-corrected chi connectivity index (χ3v) is 4.37. The fraction of sp³-hybridized carbons (Fsp3) is 0.444. The lowest BCUT2D eigenvalue weighted by Crippen LogP contribution is -2.43. The third kappa shape index (κ3) is 4.18. The van der Waals surface area contributed by atoms with E-state index < -0.39 is 0 Å². The Hall–Kier alpha value is -2.38. The van der Waals surface area contributed by atoms with Crippen LogP contribution in [-0.2, 0) is 4.74 Å². The lowest BCUT2D eigenvalue weighted by Gasteiger charge is -2.33. The van der Waals surface area contributed by atoms with Crippen LogP contribution >= 0.6 is 0 Å². The molecule has 2 aromatic heterocycles. The Kier molecular flexibility index (Phi) is 5.35. The number of Topliss-reactive ketones (excluding diaryl/α,β-unsaturated/α-hetero) is 1. The van der Waals surface area contributed by atoms with E-state index in [2.05, 4.69) is 15.2 Å². The number of furan rings is 1. The number of nitrogens with zero attached hydrogens (tertiary/aromatic N) is 1. The van der Waals surface area contributed by atoms with Gasteiger partial charge in [0.25, 0.3) is 5.91 Å². The van der Waals surface area contributed by atoms with Crippen LogP contribution in [-0.4, -0.2) is 54.4 Å². The molecule has 2 N–H and O–H groups in total. The summed E-state index contributed by atoms with van der Waals surface area (Å²) in [5, 5.41) is 2.93. The van der Waals surface area contributed by atoms with E-state index in [0.29, 0.717) is 31.0 Å². The minimum atomic E-state index is -0.242. The fourth-order valence-corrected chi connectivity index (χ4v) is 2.94. The second-order valence-electron chi connectivity index (χ2n) is 6.18. The Morgan fingerprint density at radius 3 is 2.68 bits per heavy atom. The van der Waals surface area contributed by atoms with Crippen molar-refractivity contribution in [2.45, 2.75) is 19.9 Å². The van der Waals surface area contributed by atoms with Gasteiger partial charge in [-0.05, 0) is 32.0 Å². The highest BCUT2D eigenvalue weighted by Gasteiger charge is 2.26. The number of H-pyrrole nitrogens is 1. The molecule has 3 rings (SSSR count). The summed E-state index contributed by atoms with van der Waals surface area (Å²) >= 11 is 0. The molecule has 0 aromatic carbocycles. The van der Waals surface area contributed by atoms with Gasteiger partial charge in [-0.2, -0.15) is 0 Å². The predicted molar refractivity (Wildman–Crippen MR) is 91.7 cm³/mol. The van der Waals surface area contributed by atoms with Crippen LogP contribution in [0.25, 0.3) is 0 Å². The van der Waals surface area contributed by atoms with Crippen molar-refractivity contribution in [3.05, 3.63) is 47.2 Å². The number of hydrogen-bond donors (Lipinski definition) is 2. The number of carbonyl (C=O) groups excluding carboxylic acids is 2. The van der Waals surface area contributed by atoms with Crippen molar-refractivity contribution in [2.75, 3.05) is 32.8 Å². The first-order chi connectivity index (χ1) is 12.0. The molecule has 0 bridgehead atoms. The summed E-state index contributed by atoms with van der Waals surface area (Å²) < 4.78 is 11.2. The van der Waals surface area contributed by atoms with E-state index in [4.69, 9.17) is 9.15 Å². The molecular weight excluding hydrogens is 322 g/mol. The molecule has 7 heteroatoms. The quantitative estimate of drug-likeness (QED) is 0.781. The lowest BCUT2D eigenvalue weighted by molar-refractivity contribution is 0.0117. The molecule has 1 aliphatic rings. The molecular formula is C18H23N3O4. The minimum Gasteiger partial charge on any atom is -0.465 e. The number of amides is 1. The first-order valence-electron chi connectivity index (χ1n) is 8.40. The molecule has 0 aliphatic carbocycles. The van der Waals surface area contributed by atoms with Gasteiger partial charge >= 0.3 is 0 Å². The summed E-state index contributed by atoms with van der Waals surface area (Å²) in [4.78, 5) is 28.8. The number of rotatable bonds is 6. The van der Waals surface area contributed by atoms with Crippen LogP contribution in [0.4, 0.5) is 0 Å². The minimum absolute atomic E-state index is 0.0520. The van der Waals surface area contributed by atoms with E-state index in [9.17, 15) is 9.59 Å². The van der Waals surface area contributed by atoms with Crippen LogP contribution in [0.2, 0.25) is 0 Å². The van der Waals surface area contributed by atoms with Gasteiger partial charge in [0.05, 0.1) is 19.3 Å². The molecule has 1 aliphatic heterocycles. The maximum Gasteiger partial charge on any atom is 0.267 e. The molecule has 2 aromatic rings. The average molecular weight is 345 g/mol. The fourth-order valence-electron chi connectivity index (χ4n) is 2.94. The topological polar surface area (TPSA) is 87.6 Å². The standard InChI is InChI=1S/C18H23N3O4/c1-12-3-4-17(25-12)16(21-5-7-24-8-6-21)11-20-18(23)15-9-14(10-19-15)13(2)22/h3-4,9-10,16,19H,5-8,11H2,1-2H3,(H,20,23). The van der Waals surface area contributed by atoms with E-state index in [-0.39, 0.29) is 17.7 Å². The molecule has 134 valence electrons. The SMILES string of the molecule is CC(=O)c1c[nH]c(C(=O)NCC(c2ccc(C)o2)N2CCOCC2)c1. The van der Waals surface area contributed by atoms with Crippen LogP contribution < -0.4 is 5.32 Å². The number of ketones is 1. The average Bonchev–Trinajstić information content (AvgIpc) is 3.25. The molecule has 25 heavy (non-hydrogen) atoms. The summed E-state index contributed by atoms with van der Waals surface area (Å²) in [6.07, 6.45) is 1.55. The Labute approximate surface area is 146 Å². The van der Waals surface area contributed by atoms with Gasteiger partial charge in [0.15, 0.2) is 5.78 Å². The molecule has 0 spiro atoms. The van der Waals surface area contributed by atoms with Crippen molar-refractivity contribution in [3.63, 3.8) is 0 Å². The zero-order valence-corrected chi connectivity index (χ0v) is 14.5. The normalized spacial score (nSPS) is 16.6. The Morgan fingerprint density at radius 2 is 2.08 bits per heavy atom. The zero-order valence-electron chi connectivity index (χ0n) is 14.5. The van der Waals surface area contributed by atoms with Crippen molar-refractivity contribution in [3.8, 4) is 0 Å². The number of morpholine rings is 1. The molecule has 1 amide bonds. The molecule has 1 fully saturated rings. The monoisotopic (exact) mass is 345 g/mol. The van der Waals surface area contributed by atoms with Crippen LogP contribution in [0.3, 0.4) is 0 Å². The van der Waals surface area contributed by atoms with Crippen molar-refractivity contribution in [2.24, 2.45) is 0 Å². The number of carbonyl (C=O) groups is 2. The number of aromatic nitrogens is 1. The highest BCUT2D eigenvalue weighted by Crippen LogP contribution is 2.23. The summed E-state index contributed by atoms with van der Waals surface area (Å²) in [6.45, 7) is 6.71. The van der Waals surface area contributed by atoms with Crippen molar-refractivity contribution in [1.82, 2.24) is 15.2 Å². The summed E-state index contributed by atoms with van der Waals surface area (Å²) in [6, 6.07) is 5.39. The largest absolute Gasteiger partial charge is 0.465 e. The van der Waals surface area contributed by atoms with Gasteiger partial charge in [0.1, 0.15) is 17.2 Å². The maximum absolute atomic E-state index is 12.4. The molecule has 1 unspecified atom stereocenters. The van der Waals surface area contributed by atoms with Crippen molar-refractivity contribution >= 4 is 11.7 Å². The van der Waals surface area contributed by atoms with Gasteiger partial charge in [-0.15, -0.1) is 0 Å². The van der Waals surface area contributed by atoms with Gasteiger partial charge in [0.2, 0.25) is 0 Å². The molecule has 7 nitrogen and oxygen atoms in total. The zero-order chi connectivity index (χ0) is 17.8. The number of hydrogen-bond acceptors (Lipinski definition) is 5. The Bertz CT molecular complexity index is 743. The first-order valence-corrected chi connectivity index (χ1v) is 8.40. The van der Waals surface area contributed by atoms with E-state index in [0.717, 1.165) is 24.6 Å². The van der Waals surface area contributed by atoms with Gasteiger partial charge < -0.3 is 19.5 Å². The van der Waals surface area contributed by atoms with Crippen LogP contribution in [0.15, 0.2) is 28.8 Å². The highest BCUT2D eigenvalue weighted by molar-refractivity contribution is 5.99. The van der Waals surface area contributed by atoms with E-state index in [1.165, 1.54) is 6.92 Å². The summed E-state index contributed by atoms with van der Waals surface area (Å²) in [5.74, 6) is 1.35. The maximum atomic E-state index is 12.4. The first kappa shape index (κ1) is 17.4. The molecule has 1 atom stereocenters. The Balaban J connectivity index is 1.69. The molecule has 0 saturated carbocycles. The lowest BCUT2D eigenvalue weighted by atomic mass is 10.1. The summed E-state index contributed by atoms with van der Waals surface area (Å²) in [7, 11) is 0. The van der Waals surface area contributed by atoms with Gasteiger partial charge in [-0.1, -0.05) is 0 Å². The molecule has 1 saturated heterocycles. The smallest absolute Gasteiger partial charge is 0.267 e. The van der Waals surface area contributed by atoms with E-state index in [1.54, 1.807) is 12.3 Å². The predicted octanol–water partition coefficient (Wildman–Crippen LogP) is 1.92. The van der Waals surface area contributed by atoms with Gasteiger partial charge in [-0.25, -0.2) is 0 Å². The second-order valence-corrected chi connectivity index (χ2v) is 6.18. The number of ether oxygens (including phenoxy) is 1. The van der Waals surface area contributed by atoms with E-state index >= 15 is 0 Å². The number of aryl methyl sites for hydroxylation is 1. The van der Waals surface area contributed by atoms with Gasteiger partial charge in [-0.3, -0.25) is 14.5 Å². The van der Waals surface area contributed by atoms with Crippen LogP contribution in [0.5, 0.6) is 0 Å². The van der Waals surface area contributed by atoms with Crippen molar-refractivity contribution in [1.29, 1.82) is 0 Å². The highest BCUT2D eigenvalue weighted by atomic mass is 16.5. The molecule has 0 radical (unpaired) electrons. The number of aromatic amines is 1. The van der Waals surface area contributed by atoms with Crippen LogP contribution in [0, 0.1) is 6.92 Å². The number of nitrogens with one attached hydrogen (secondary N) is 2.